The summed E-state index contributed by atoms with van der Waals surface area (Å²) in [7, 11) is 1.57. The number of rotatable bonds is 4. The first-order valence-electron chi connectivity index (χ1n) is 11.1. The number of ketones is 1. The zero-order valence-electron chi connectivity index (χ0n) is 18.9. The molecule has 36 heavy (non-hydrogen) atoms. The summed E-state index contributed by atoms with van der Waals surface area (Å²) in [6.07, 6.45) is 1.62. The third kappa shape index (κ3) is 3.32. The molecule has 3 heterocycles. The van der Waals surface area contributed by atoms with E-state index in [9.17, 15) is 19.8 Å². The number of anilines is 1. The number of methoxy groups -OCH3 is 1. The van der Waals surface area contributed by atoms with Gasteiger partial charge in [0.25, 0.3) is 5.78 Å². The van der Waals surface area contributed by atoms with Gasteiger partial charge in [-0.25, -0.2) is 4.98 Å². The van der Waals surface area contributed by atoms with E-state index in [1.54, 1.807) is 37.6 Å². The minimum Gasteiger partial charge on any atom is -0.508 e. The van der Waals surface area contributed by atoms with E-state index in [0.29, 0.717) is 27.5 Å². The zero-order chi connectivity index (χ0) is 25.0. The van der Waals surface area contributed by atoms with Crippen LogP contribution < -0.4 is 9.64 Å². The van der Waals surface area contributed by atoms with Crippen LogP contribution in [0.25, 0.3) is 26.9 Å². The quantitative estimate of drug-likeness (QED) is 0.180. The Morgan fingerprint density at radius 3 is 2.64 bits per heavy atom. The topological polar surface area (TPSA) is 116 Å². The van der Waals surface area contributed by atoms with Crippen molar-refractivity contribution < 1.29 is 24.5 Å². The number of H-pyrrole nitrogens is 1. The van der Waals surface area contributed by atoms with Crippen LogP contribution in [0.1, 0.15) is 17.2 Å². The number of hydrogen-bond donors (Lipinski definition) is 3. The van der Waals surface area contributed by atoms with Gasteiger partial charge in [-0.2, -0.15) is 0 Å². The first kappa shape index (κ1) is 21.9. The van der Waals surface area contributed by atoms with Gasteiger partial charge in [0.1, 0.15) is 17.3 Å². The molecule has 1 saturated heterocycles. The number of nitrogens with zero attached hydrogens (tertiary/aromatic N) is 2. The summed E-state index contributed by atoms with van der Waals surface area (Å²) in [5.41, 5.74) is 2.35. The molecule has 3 N–H and O–H groups in total. The molecule has 0 saturated carbocycles. The molecule has 1 aliphatic rings. The molecule has 8 nitrogen and oxygen atoms in total. The number of Topliss-reactive ketones (excluding diaryl/α,β-unsaturated/α-hetero) is 1. The fourth-order valence-corrected chi connectivity index (χ4v) is 5.56. The van der Waals surface area contributed by atoms with Crippen molar-refractivity contribution in [3.8, 4) is 11.5 Å². The summed E-state index contributed by atoms with van der Waals surface area (Å²) >= 11 is 1.25. The van der Waals surface area contributed by atoms with Crippen LogP contribution >= 0.6 is 11.3 Å². The Balaban J connectivity index is 1.57. The fraction of sp³-hybridized carbons (Fsp3) is 0.0741. The molecule has 1 amide bonds. The maximum absolute atomic E-state index is 13.4. The number of hydrogen-bond acceptors (Lipinski definition) is 7. The van der Waals surface area contributed by atoms with Gasteiger partial charge < -0.3 is 19.9 Å². The Kier molecular flexibility index (Phi) is 5.01. The van der Waals surface area contributed by atoms with Gasteiger partial charge in [0.15, 0.2) is 5.13 Å². The SMILES string of the molecule is COc1ccc2nc(N3C(=O)C(=O)/C(=C(/O)c4c[nH]c5ccccc45)C3c3ccc(O)cc3)sc2c1. The summed E-state index contributed by atoms with van der Waals surface area (Å²) in [5, 5.41) is 22.3. The van der Waals surface area contributed by atoms with Gasteiger partial charge in [0.2, 0.25) is 0 Å². The number of aromatic hydroxyl groups is 1. The molecule has 1 unspecified atom stereocenters. The molecule has 0 radical (unpaired) electrons. The molecule has 5 aromatic rings. The van der Waals surface area contributed by atoms with E-state index in [4.69, 9.17) is 4.74 Å². The number of aromatic nitrogens is 2. The first-order valence-corrected chi connectivity index (χ1v) is 11.9. The lowest BCUT2D eigenvalue weighted by molar-refractivity contribution is -0.132. The Morgan fingerprint density at radius 1 is 1.08 bits per heavy atom. The number of aromatic amines is 1. The van der Waals surface area contributed by atoms with Crippen LogP contribution in [0.15, 0.2) is 78.5 Å². The fourth-order valence-electron chi connectivity index (χ4n) is 4.54. The normalized spacial score (nSPS) is 17.4. The number of phenolic OH excluding ortho intramolecular Hbond substituents is 1. The van der Waals surface area contributed by atoms with E-state index in [2.05, 4.69) is 9.97 Å². The lowest BCUT2D eigenvalue weighted by atomic mass is 9.95. The minimum atomic E-state index is -0.943. The lowest BCUT2D eigenvalue weighted by Crippen LogP contribution is -2.29. The second-order valence-corrected chi connectivity index (χ2v) is 9.35. The number of thiazole rings is 1. The standard InChI is InChI=1S/C27H19N3O5S/c1-35-16-10-11-20-21(12-16)36-27(29-20)30-23(14-6-8-15(31)9-7-14)22(25(33)26(30)34)24(32)18-13-28-19-5-3-2-4-17(18)19/h2-13,23,28,31-32H,1H3/b24-22+. The number of carbonyl (C=O) groups is 2. The number of aliphatic hydroxyl groups excluding tert-OH is 1. The number of benzene rings is 3. The molecule has 0 bridgehead atoms. The van der Waals surface area contributed by atoms with Crippen molar-refractivity contribution in [1.82, 2.24) is 9.97 Å². The van der Waals surface area contributed by atoms with Gasteiger partial charge >= 0.3 is 5.91 Å². The van der Waals surface area contributed by atoms with Crippen LogP contribution in [0.2, 0.25) is 0 Å². The Labute approximate surface area is 208 Å². The summed E-state index contributed by atoms with van der Waals surface area (Å²) in [5.74, 6) is -1.20. The molecule has 0 spiro atoms. The largest absolute Gasteiger partial charge is 0.508 e. The molecule has 178 valence electrons. The molecule has 1 atom stereocenters. The highest BCUT2D eigenvalue weighted by Crippen LogP contribution is 2.45. The van der Waals surface area contributed by atoms with Gasteiger partial charge in [-0.1, -0.05) is 41.7 Å². The van der Waals surface area contributed by atoms with E-state index in [1.165, 1.54) is 28.4 Å². The average molecular weight is 498 g/mol. The average Bonchev–Trinajstić information content (AvgIpc) is 3.58. The maximum Gasteiger partial charge on any atom is 0.301 e. The predicted molar refractivity (Wildman–Crippen MR) is 137 cm³/mol. The van der Waals surface area contributed by atoms with Crippen LogP contribution in [0.4, 0.5) is 5.13 Å². The summed E-state index contributed by atoms with van der Waals surface area (Å²) in [6.45, 7) is 0. The van der Waals surface area contributed by atoms with Gasteiger partial charge in [0.05, 0.1) is 28.9 Å². The number of para-hydroxylation sites is 1. The third-order valence-electron chi connectivity index (χ3n) is 6.29. The Morgan fingerprint density at radius 2 is 1.86 bits per heavy atom. The van der Waals surface area contributed by atoms with Crippen molar-refractivity contribution in [3.63, 3.8) is 0 Å². The van der Waals surface area contributed by atoms with E-state index in [0.717, 1.165) is 15.6 Å². The van der Waals surface area contributed by atoms with Crippen LogP contribution in [0, 0.1) is 0 Å². The smallest absolute Gasteiger partial charge is 0.301 e. The highest BCUT2D eigenvalue weighted by Gasteiger charge is 2.48. The molecule has 1 fully saturated rings. The van der Waals surface area contributed by atoms with Gasteiger partial charge in [-0.05, 0) is 42.0 Å². The van der Waals surface area contributed by atoms with Gasteiger partial charge in [-0.15, -0.1) is 0 Å². The monoisotopic (exact) mass is 497 g/mol. The van der Waals surface area contributed by atoms with Crippen LogP contribution in [-0.2, 0) is 9.59 Å². The molecule has 3 aromatic carbocycles. The van der Waals surface area contributed by atoms with Crippen molar-refractivity contribution in [2.75, 3.05) is 12.0 Å². The summed E-state index contributed by atoms with van der Waals surface area (Å²) < 4.78 is 6.08. The maximum atomic E-state index is 13.4. The molecular formula is C27H19N3O5S. The van der Waals surface area contributed by atoms with Crippen molar-refractivity contribution >= 4 is 55.0 Å². The molecule has 2 aromatic heterocycles. The first-order chi connectivity index (χ1) is 17.5. The highest BCUT2D eigenvalue weighted by molar-refractivity contribution is 7.22. The van der Waals surface area contributed by atoms with E-state index in [1.807, 2.05) is 30.3 Å². The number of phenols is 1. The second-order valence-electron chi connectivity index (χ2n) is 8.34. The summed E-state index contributed by atoms with van der Waals surface area (Å²) in [6, 6.07) is 18.0. The Bertz CT molecular complexity index is 1700. The van der Waals surface area contributed by atoms with Crippen LogP contribution in [-0.4, -0.2) is 39.0 Å². The van der Waals surface area contributed by atoms with Crippen LogP contribution in [0.5, 0.6) is 11.5 Å². The predicted octanol–water partition coefficient (Wildman–Crippen LogP) is 5.12. The number of aliphatic hydroxyl groups is 1. The molecule has 1 aliphatic heterocycles. The number of nitrogens with one attached hydrogen (secondary N) is 1. The number of fused-ring (bicyclic) bond motifs is 2. The van der Waals surface area contributed by atoms with Crippen molar-refractivity contribution in [2.45, 2.75) is 6.04 Å². The van der Waals surface area contributed by atoms with Crippen molar-refractivity contribution in [1.29, 1.82) is 0 Å². The number of amides is 1. The molecular weight excluding hydrogens is 478 g/mol. The van der Waals surface area contributed by atoms with Crippen molar-refractivity contribution in [2.24, 2.45) is 0 Å². The van der Waals surface area contributed by atoms with Gasteiger partial charge in [-0.3, -0.25) is 14.5 Å². The van der Waals surface area contributed by atoms with E-state index >= 15 is 0 Å². The molecule has 9 heteroatoms. The van der Waals surface area contributed by atoms with Gasteiger partial charge in [0, 0.05) is 22.7 Å². The van der Waals surface area contributed by atoms with E-state index in [-0.39, 0.29) is 17.1 Å². The highest BCUT2D eigenvalue weighted by atomic mass is 32.1. The second kappa shape index (κ2) is 8.24. The van der Waals surface area contributed by atoms with E-state index < -0.39 is 17.7 Å². The Hall–Kier alpha value is -4.63. The lowest BCUT2D eigenvalue weighted by Gasteiger charge is -2.22. The number of ether oxygens (including phenoxy) is 1. The summed E-state index contributed by atoms with van der Waals surface area (Å²) in [4.78, 5) is 35.9. The number of carbonyl (C=O) groups excluding carboxylic acids is 2. The third-order valence-corrected chi connectivity index (χ3v) is 7.31. The minimum absolute atomic E-state index is 0.0411. The van der Waals surface area contributed by atoms with Crippen molar-refractivity contribution in [3.05, 3.63) is 89.6 Å². The molecule has 6 rings (SSSR count). The zero-order valence-corrected chi connectivity index (χ0v) is 19.7. The molecule has 0 aliphatic carbocycles. The van der Waals surface area contributed by atoms with Crippen LogP contribution in [0.3, 0.4) is 0 Å².